The third-order valence-electron chi connectivity index (χ3n) is 3.26. The summed E-state index contributed by atoms with van der Waals surface area (Å²) in [5.74, 6) is 1.75. The minimum atomic E-state index is -0.374. The minimum absolute atomic E-state index is 0.168. The maximum absolute atomic E-state index is 11.4. The van der Waals surface area contributed by atoms with Crippen LogP contribution in [0.2, 0.25) is 0 Å². The molecule has 0 aliphatic heterocycles. The van der Waals surface area contributed by atoms with Crippen LogP contribution in [0.25, 0.3) is 11.0 Å². The summed E-state index contributed by atoms with van der Waals surface area (Å²) < 4.78 is 16.3. The molecule has 1 aromatic carbocycles. The highest BCUT2D eigenvalue weighted by atomic mass is 16.5. The monoisotopic (exact) mass is 300 g/mol. The minimum Gasteiger partial charge on any atom is -0.484 e. The molecule has 0 saturated heterocycles. The summed E-state index contributed by atoms with van der Waals surface area (Å²) in [5.41, 5.74) is 0.993. The first kappa shape index (κ1) is 14.3. The number of rotatable bonds is 4. The Morgan fingerprint density at radius 3 is 2.73 bits per heavy atom. The van der Waals surface area contributed by atoms with Gasteiger partial charge in [-0.1, -0.05) is 13.8 Å². The van der Waals surface area contributed by atoms with Crippen LogP contribution in [0, 0.1) is 6.92 Å². The summed E-state index contributed by atoms with van der Waals surface area (Å²) >= 11 is 0. The van der Waals surface area contributed by atoms with Gasteiger partial charge < -0.3 is 13.6 Å². The van der Waals surface area contributed by atoms with Crippen LogP contribution in [0.5, 0.6) is 5.75 Å². The van der Waals surface area contributed by atoms with Crippen molar-refractivity contribution in [3.05, 3.63) is 52.0 Å². The van der Waals surface area contributed by atoms with Gasteiger partial charge in [-0.25, -0.2) is 4.79 Å². The Bertz CT molecular complexity index is 864. The molecule has 0 unspecified atom stereocenters. The van der Waals surface area contributed by atoms with E-state index in [0.717, 1.165) is 10.9 Å². The molecule has 6 heteroatoms. The van der Waals surface area contributed by atoms with Gasteiger partial charge in [0, 0.05) is 23.4 Å². The molecule has 114 valence electrons. The molecule has 0 saturated carbocycles. The number of benzene rings is 1. The standard InChI is InChI=1S/C16H16N2O4/c1-9(2)16-18-17-14(22-16)8-20-11-4-5-12-10(3)6-15(19)21-13(12)7-11/h4-7,9H,8H2,1-3H3. The van der Waals surface area contributed by atoms with Crippen molar-refractivity contribution < 1.29 is 13.6 Å². The van der Waals surface area contributed by atoms with E-state index in [1.807, 2.05) is 32.9 Å². The van der Waals surface area contributed by atoms with Gasteiger partial charge >= 0.3 is 5.63 Å². The second-order valence-electron chi connectivity index (χ2n) is 5.38. The van der Waals surface area contributed by atoms with Gasteiger partial charge in [0.15, 0.2) is 6.61 Å². The van der Waals surface area contributed by atoms with Crippen molar-refractivity contribution in [3.8, 4) is 5.75 Å². The van der Waals surface area contributed by atoms with Crippen LogP contribution < -0.4 is 10.4 Å². The molecule has 6 nitrogen and oxygen atoms in total. The number of aryl methyl sites for hydroxylation is 1. The molecule has 3 rings (SSSR count). The van der Waals surface area contributed by atoms with Crippen molar-refractivity contribution in [2.75, 3.05) is 0 Å². The van der Waals surface area contributed by atoms with E-state index in [4.69, 9.17) is 13.6 Å². The topological polar surface area (TPSA) is 78.4 Å². The molecule has 0 radical (unpaired) electrons. The van der Waals surface area contributed by atoms with Crippen LogP contribution in [-0.4, -0.2) is 10.2 Å². The molecule has 0 spiro atoms. The van der Waals surface area contributed by atoms with Crippen molar-refractivity contribution in [2.45, 2.75) is 33.3 Å². The highest BCUT2D eigenvalue weighted by Crippen LogP contribution is 2.23. The number of aromatic nitrogens is 2. The molecule has 2 heterocycles. The molecular weight excluding hydrogens is 284 g/mol. The van der Waals surface area contributed by atoms with Gasteiger partial charge in [-0.05, 0) is 24.6 Å². The van der Waals surface area contributed by atoms with Gasteiger partial charge in [0.05, 0.1) is 0 Å². The van der Waals surface area contributed by atoms with E-state index < -0.39 is 0 Å². The smallest absolute Gasteiger partial charge is 0.336 e. The lowest BCUT2D eigenvalue weighted by Gasteiger charge is -2.05. The number of nitrogens with zero attached hydrogens (tertiary/aromatic N) is 2. The third kappa shape index (κ3) is 2.86. The fourth-order valence-electron chi connectivity index (χ4n) is 2.10. The molecule has 0 fully saturated rings. The van der Waals surface area contributed by atoms with Gasteiger partial charge in [0.1, 0.15) is 11.3 Å². The van der Waals surface area contributed by atoms with E-state index in [0.29, 0.717) is 23.1 Å². The van der Waals surface area contributed by atoms with Crippen molar-refractivity contribution in [2.24, 2.45) is 0 Å². The zero-order valence-electron chi connectivity index (χ0n) is 12.6. The Morgan fingerprint density at radius 1 is 1.18 bits per heavy atom. The lowest BCUT2D eigenvalue weighted by atomic mass is 10.1. The van der Waals surface area contributed by atoms with E-state index in [1.165, 1.54) is 6.07 Å². The summed E-state index contributed by atoms with van der Waals surface area (Å²) in [6.07, 6.45) is 0. The Balaban J connectivity index is 1.80. The zero-order valence-corrected chi connectivity index (χ0v) is 12.6. The van der Waals surface area contributed by atoms with Crippen molar-refractivity contribution in [3.63, 3.8) is 0 Å². The normalized spacial score (nSPS) is 11.3. The number of fused-ring (bicyclic) bond motifs is 1. The molecule has 0 bridgehead atoms. The fourth-order valence-corrected chi connectivity index (χ4v) is 2.10. The summed E-state index contributed by atoms with van der Waals surface area (Å²) in [6, 6.07) is 6.82. The van der Waals surface area contributed by atoms with E-state index in [-0.39, 0.29) is 18.2 Å². The molecule has 22 heavy (non-hydrogen) atoms. The SMILES string of the molecule is Cc1cc(=O)oc2cc(OCc3nnc(C(C)C)o3)ccc12. The van der Waals surface area contributed by atoms with Crippen molar-refractivity contribution in [1.29, 1.82) is 0 Å². The van der Waals surface area contributed by atoms with Crippen molar-refractivity contribution >= 4 is 11.0 Å². The Labute approximate surface area is 126 Å². The van der Waals surface area contributed by atoms with Crippen LogP contribution in [0.3, 0.4) is 0 Å². The lowest BCUT2D eigenvalue weighted by molar-refractivity contribution is 0.257. The molecular formula is C16H16N2O4. The first-order valence-electron chi connectivity index (χ1n) is 7.02. The number of ether oxygens (including phenoxy) is 1. The lowest BCUT2D eigenvalue weighted by Crippen LogP contribution is -1.99. The van der Waals surface area contributed by atoms with Crippen molar-refractivity contribution in [1.82, 2.24) is 10.2 Å². The maximum atomic E-state index is 11.4. The third-order valence-corrected chi connectivity index (χ3v) is 3.26. The van der Waals surface area contributed by atoms with Gasteiger partial charge in [-0.3, -0.25) is 0 Å². The summed E-state index contributed by atoms with van der Waals surface area (Å²) in [4.78, 5) is 11.4. The molecule has 0 aliphatic rings. The Hall–Kier alpha value is -2.63. The van der Waals surface area contributed by atoms with Gasteiger partial charge in [-0.15, -0.1) is 10.2 Å². The zero-order chi connectivity index (χ0) is 15.7. The molecule has 0 atom stereocenters. The van der Waals surface area contributed by atoms with Gasteiger partial charge in [-0.2, -0.15) is 0 Å². The summed E-state index contributed by atoms with van der Waals surface area (Å²) in [6.45, 7) is 5.99. The summed E-state index contributed by atoms with van der Waals surface area (Å²) in [7, 11) is 0. The first-order chi connectivity index (χ1) is 10.5. The van der Waals surface area contributed by atoms with Gasteiger partial charge in [0.25, 0.3) is 5.89 Å². The fraction of sp³-hybridized carbons (Fsp3) is 0.312. The predicted octanol–water partition coefficient (Wildman–Crippen LogP) is 3.19. The predicted molar refractivity (Wildman–Crippen MR) is 79.9 cm³/mol. The van der Waals surface area contributed by atoms with Crippen LogP contribution in [0.1, 0.15) is 37.1 Å². The molecule has 2 aromatic heterocycles. The van der Waals surface area contributed by atoms with Crippen LogP contribution >= 0.6 is 0 Å². The largest absolute Gasteiger partial charge is 0.484 e. The second kappa shape index (κ2) is 5.63. The molecule has 0 N–H and O–H groups in total. The molecule has 0 aliphatic carbocycles. The van der Waals surface area contributed by atoms with Crippen LogP contribution in [0.15, 0.2) is 37.9 Å². The van der Waals surface area contributed by atoms with Crippen LogP contribution in [-0.2, 0) is 6.61 Å². The van der Waals surface area contributed by atoms with Gasteiger partial charge in [0.2, 0.25) is 5.89 Å². The molecule has 0 amide bonds. The van der Waals surface area contributed by atoms with E-state index >= 15 is 0 Å². The Morgan fingerprint density at radius 2 is 2.00 bits per heavy atom. The summed E-state index contributed by atoms with van der Waals surface area (Å²) in [5, 5.41) is 8.75. The van der Waals surface area contributed by atoms with E-state index in [9.17, 15) is 4.79 Å². The highest BCUT2D eigenvalue weighted by Gasteiger charge is 2.10. The number of hydrogen-bond donors (Lipinski definition) is 0. The second-order valence-corrected chi connectivity index (χ2v) is 5.38. The highest BCUT2D eigenvalue weighted by molar-refractivity contribution is 5.81. The average molecular weight is 300 g/mol. The quantitative estimate of drug-likeness (QED) is 0.688. The van der Waals surface area contributed by atoms with Crippen LogP contribution in [0.4, 0.5) is 0 Å². The van der Waals surface area contributed by atoms with E-state index in [1.54, 1.807) is 6.07 Å². The maximum Gasteiger partial charge on any atom is 0.336 e. The van der Waals surface area contributed by atoms with E-state index in [2.05, 4.69) is 10.2 Å². The number of hydrogen-bond acceptors (Lipinski definition) is 6. The average Bonchev–Trinajstić information content (AvgIpc) is 2.93. The first-order valence-corrected chi connectivity index (χ1v) is 7.02. The molecule has 3 aromatic rings. The Kier molecular flexibility index (Phi) is 3.66.